The zero-order valence-corrected chi connectivity index (χ0v) is 8.66. The Morgan fingerprint density at radius 1 is 1.44 bits per heavy atom. The van der Waals surface area contributed by atoms with Crippen LogP contribution in [0.25, 0.3) is 0 Å². The highest BCUT2D eigenvalue weighted by molar-refractivity contribution is 5.92. The van der Waals surface area contributed by atoms with Crippen molar-refractivity contribution < 1.29 is 9.18 Å². The van der Waals surface area contributed by atoms with Gasteiger partial charge in [-0.3, -0.25) is 5.01 Å². The number of halogens is 1. The molecule has 1 fully saturated rings. The van der Waals surface area contributed by atoms with Crippen molar-refractivity contribution in [2.45, 2.75) is 25.3 Å². The standard InChI is InChI=1S/C11H12FN3O/c12-9-4-7(6-1-2-6)3-8-5-15(13)11(16)14-10(8)9/h3-4,6H,1-2,5,13H2,(H,14,16). The smallest absolute Gasteiger partial charge is 0.304 e. The number of amides is 2. The molecule has 16 heavy (non-hydrogen) atoms. The molecule has 1 aliphatic heterocycles. The van der Waals surface area contributed by atoms with Gasteiger partial charge in [-0.05, 0) is 30.4 Å². The summed E-state index contributed by atoms with van der Waals surface area (Å²) in [4.78, 5) is 11.3. The molecule has 3 N–H and O–H groups in total. The fourth-order valence-electron chi connectivity index (χ4n) is 2.04. The average molecular weight is 221 g/mol. The van der Waals surface area contributed by atoms with Crippen LogP contribution in [0, 0.1) is 5.82 Å². The Hall–Kier alpha value is -1.62. The number of urea groups is 1. The molecule has 0 aromatic heterocycles. The molecule has 2 amide bonds. The first-order valence-electron chi connectivity index (χ1n) is 5.30. The van der Waals surface area contributed by atoms with Gasteiger partial charge in [-0.15, -0.1) is 0 Å². The van der Waals surface area contributed by atoms with Crippen LogP contribution in [0.4, 0.5) is 14.9 Å². The molecular formula is C11H12FN3O. The number of nitrogens with one attached hydrogen (secondary N) is 1. The average Bonchev–Trinajstić information content (AvgIpc) is 3.04. The normalized spacial score (nSPS) is 19.4. The lowest BCUT2D eigenvalue weighted by molar-refractivity contribution is 0.207. The Morgan fingerprint density at radius 3 is 2.88 bits per heavy atom. The van der Waals surface area contributed by atoms with Crippen molar-refractivity contribution in [1.82, 2.24) is 5.01 Å². The Balaban J connectivity index is 2.05. The van der Waals surface area contributed by atoms with Crippen LogP contribution in [0.2, 0.25) is 0 Å². The quantitative estimate of drug-likeness (QED) is 0.562. The summed E-state index contributed by atoms with van der Waals surface area (Å²) in [6, 6.07) is 2.99. The first-order chi connectivity index (χ1) is 7.65. The predicted molar refractivity (Wildman–Crippen MR) is 57.1 cm³/mol. The third-order valence-electron chi connectivity index (χ3n) is 3.08. The lowest BCUT2D eigenvalue weighted by atomic mass is 10.0. The molecule has 0 unspecified atom stereocenters. The molecular weight excluding hydrogens is 209 g/mol. The predicted octanol–water partition coefficient (Wildman–Crippen LogP) is 1.92. The Kier molecular flexibility index (Phi) is 1.91. The molecule has 1 heterocycles. The number of anilines is 1. The topological polar surface area (TPSA) is 58.4 Å². The van der Waals surface area contributed by atoms with Crippen molar-refractivity contribution in [2.24, 2.45) is 5.84 Å². The monoisotopic (exact) mass is 221 g/mol. The number of fused-ring (bicyclic) bond motifs is 1. The van der Waals surface area contributed by atoms with E-state index in [-0.39, 0.29) is 18.0 Å². The second kappa shape index (κ2) is 3.18. The Labute approximate surface area is 92.2 Å². The van der Waals surface area contributed by atoms with Crippen molar-refractivity contribution in [3.8, 4) is 0 Å². The molecule has 84 valence electrons. The molecule has 0 saturated heterocycles. The van der Waals surface area contributed by atoms with Gasteiger partial charge in [0.2, 0.25) is 0 Å². The summed E-state index contributed by atoms with van der Waals surface area (Å²) in [6.45, 7) is 0.263. The van der Waals surface area contributed by atoms with Crippen molar-refractivity contribution in [3.05, 3.63) is 29.1 Å². The molecule has 1 aromatic rings. The fourth-order valence-corrected chi connectivity index (χ4v) is 2.04. The molecule has 1 saturated carbocycles. The van der Waals surface area contributed by atoms with E-state index >= 15 is 0 Å². The van der Waals surface area contributed by atoms with Gasteiger partial charge in [-0.1, -0.05) is 6.07 Å². The maximum absolute atomic E-state index is 13.7. The van der Waals surface area contributed by atoms with Gasteiger partial charge >= 0.3 is 6.03 Å². The molecule has 5 heteroatoms. The third-order valence-corrected chi connectivity index (χ3v) is 3.08. The van der Waals surface area contributed by atoms with E-state index in [1.165, 1.54) is 6.07 Å². The number of carbonyl (C=O) groups excluding carboxylic acids is 1. The van der Waals surface area contributed by atoms with Crippen LogP contribution in [-0.4, -0.2) is 11.0 Å². The van der Waals surface area contributed by atoms with E-state index in [1.54, 1.807) is 0 Å². The maximum atomic E-state index is 13.7. The summed E-state index contributed by atoms with van der Waals surface area (Å²) < 4.78 is 13.7. The van der Waals surface area contributed by atoms with Gasteiger partial charge in [-0.2, -0.15) is 0 Å². The highest BCUT2D eigenvalue weighted by Crippen LogP contribution is 2.42. The number of hydrogen-bond donors (Lipinski definition) is 2. The van der Waals surface area contributed by atoms with E-state index in [0.29, 0.717) is 5.92 Å². The van der Waals surface area contributed by atoms with Crippen LogP contribution in [0.15, 0.2) is 12.1 Å². The zero-order valence-electron chi connectivity index (χ0n) is 8.66. The van der Waals surface area contributed by atoms with Gasteiger partial charge < -0.3 is 5.32 Å². The van der Waals surface area contributed by atoms with Crippen LogP contribution in [0.5, 0.6) is 0 Å². The van der Waals surface area contributed by atoms with E-state index in [1.807, 2.05) is 6.07 Å². The van der Waals surface area contributed by atoms with Gasteiger partial charge in [0, 0.05) is 5.56 Å². The van der Waals surface area contributed by atoms with Gasteiger partial charge in [0.15, 0.2) is 0 Å². The number of carbonyl (C=O) groups is 1. The van der Waals surface area contributed by atoms with Crippen LogP contribution in [-0.2, 0) is 6.54 Å². The van der Waals surface area contributed by atoms with Gasteiger partial charge in [0.05, 0.1) is 12.2 Å². The summed E-state index contributed by atoms with van der Waals surface area (Å²) in [5, 5.41) is 3.51. The largest absolute Gasteiger partial charge is 0.336 e. The number of benzene rings is 1. The minimum Gasteiger partial charge on any atom is -0.304 e. The van der Waals surface area contributed by atoms with E-state index in [2.05, 4.69) is 5.32 Å². The number of hydrazine groups is 1. The second-order valence-electron chi connectivity index (χ2n) is 4.37. The molecule has 2 aliphatic rings. The Bertz CT molecular complexity index is 471. The highest BCUT2D eigenvalue weighted by atomic mass is 19.1. The SMILES string of the molecule is NN1Cc2cc(C3CC3)cc(F)c2NC1=O. The van der Waals surface area contributed by atoms with Crippen molar-refractivity contribution in [3.63, 3.8) is 0 Å². The van der Waals surface area contributed by atoms with E-state index in [0.717, 1.165) is 29.0 Å². The number of hydrogen-bond acceptors (Lipinski definition) is 2. The van der Waals surface area contributed by atoms with E-state index in [4.69, 9.17) is 5.84 Å². The lowest BCUT2D eigenvalue weighted by Crippen LogP contribution is -2.43. The first-order valence-corrected chi connectivity index (χ1v) is 5.30. The fraction of sp³-hybridized carbons (Fsp3) is 0.364. The highest BCUT2D eigenvalue weighted by Gasteiger charge is 2.28. The molecule has 0 bridgehead atoms. The summed E-state index contributed by atoms with van der Waals surface area (Å²) in [5.41, 5.74) is 2.04. The lowest BCUT2D eigenvalue weighted by Gasteiger charge is -2.26. The number of rotatable bonds is 1. The molecule has 3 rings (SSSR count). The minimum absolute atomic E-state index is 0.263. The number of nitrogens with zero attached hydrogens (tertiary/aromatic N) is 1. The van der Waals surface area contributed by atoms with Crippen LogP contribution >= 0.6 is 0 Å². The summed E-state index contributed by atoms with van der Waals surface area (Å²) in [6.07, 6.45) is 2.24. The van der Waals surface area contributed by atoms with Gasteiger partial charge in [0.1, 0.15) is 5.82 Å². The summed E-state index contributed by atoms with van der Waals surface area (Å²) >= 11 is 0. The third kappa shape index (κ3) is 1.44. The molecule has 1 aliphatic carbocycles. The number of nitrogens with two attached hydrogens (primary N) is 1. The first kappa shape index (κ1) is 9.59. The molecule has 0 spiro atoms. The van der Waals surface area contributed by atoms with Crippen molar-refractivity contribution >= 4 is 11.7 Å². The molecule has 1 aromatic carbocycles. The molecule has 4 nitrogen and oxygen atoms in total. The van der Waals surface area contributed by atoms with Crippen molar-refractivity contribution in [2.75, 3.05) is 5.32 Å². The van der Waals surface area contributed by atoms with Gasteiger partial charge in [0.25, 0.3) is 0 Å². The molecule has 0 radical (unpaired) electrons. The minimum atomic E-state index is -0.467. The van der Waals surface area contributed by atoms with Crippen molar-refractivity contribution in [1.29, 1.82) is 0 Å². The van der Waals surface area contributed by atoms with E-state index in [9.17, 15) is 9.18 Å². The van der Waals surface area contributed by atoms with Gasteiger partial charge in [-0.25, -0.2) is 15.0 Å². The second-order valence-corrected chi connectivity index (χ2v) is 4.37. The summed E-state index contributed by atoms with van der Waals surface area (Å²) in [7, 11) is 0. The van der Waals surface area contributed by atoms with Crippen LogP contribution in [0.3, 0.4) is 0 Å². The van der Waals surface area contributed by atoms with E-state index < -0.39 is 6.03 Å². The summed E-state index contributed by atoms with van der Waals surface area (Å²) in [5.74, 6) is 5.61. The molecule has 0 atom stereocenters. The zero-order chi connectivity index (χ0) is 11.3. The van der Waals surface area contributed by atoms with Crippen LogP contribution in [0.1, 0.15) is 29.9 Å². The van der Waals surface area contributed by atoms with Crippen LogP contribution < -0.4 is 11.2 Å². The Morgan fingerprint density at radius 2 is 2.19 bits per heavy atom. The maximum Gasteiger partial charge on any atom is 0.336 e.